The number of benzene rings is 1. The van der Waals surface area contributed by atoms with E-state index in [-0.39, 0.29) is 30.4 Å². The predicted molar refractivity (Wildman–Crippen MR) is 109 cm³/mol. The Bertz CT molecular complexity index is 1110. The summed E-state index contributed by atoms with van der Waals surface area (Å²) < 4.78 is 11.7. The predicted octanol–water partition coefficient (Wildman–Crippen LogP) is 1.99. The third-order valence-electron chi connectivity index (χ3n) is 5.42. The lowest BCUT2D eigenvalue weighted by Gasteiger charge is -2.43. The lowest BCUT2D eigenvalue weighted by molar-refractivity contribution is -0.133. The summed E-state index contributed by atoms with van der Waals surface area (Å²) in [6.07, 6.45) is 2.88. The molecule has 2 amide bonds. The number of carbonyl (C=O) groups excluding carboxylic acids is 3. The lowest BCUT2D eigenvalue weighted by Crippen LogP contribution is -2.63. The maximum atomic E-state index is 13.5. The van der Waals surface area contributed by atoms with E-state index in [1.165, 1.54) is 29.2 Å². The normalized spacial score (nSPS) is 17.9. The molecule has 0 radical (unpaired) electrons. The summed E-state index contributed by atoms with van der Waals surface area (Å²) in [4.78, 5) is 44.4. The van der Waals surface area contributed by atoms with Crippen LogP contribution >= 0.6 is 0 Å². The topological polar surface area (TPSA) is 107 Å². The van der Waals surface area contributed by atoms with E-state index in [1.807, 2.05) is 30.3 Å². The van der Waals surface area contributed by atoms with Gasteiger partial charge in [-0.05, 0) is 24.6 Å². The van der Waals surface area contributed by atoms with Crippen molar-refractivity contribution in [1.82, 2.24) is 19.8 Å². The molecule has 0 saturated carbocycles. The number of esters is 1. The van der Waals surface area contributed by atoms with Gasteiger partial charge in [-0.2, -0.15) is 0 Å². The highest BCUT2D eigenvalue weighted by molar-refractivity contribution is 6.06. The van der Waals surface area contributed by atoms with Crippen LogP contribution < -0.4 is 5.32 Å². The van der Waals surface area contributed by atoms with Gasteiger partial charge in [0.05, 0.1) is 32.8 Å². The summed E-state index contributed by atoms with van der Waals surface area (Å²) in [5, 5.41) is 2.92. The summed E-state index contributed by atoms with van der Waals surface area (Å²) in [5.74, 6) is -1.02. The average Bonchev–Trinajstić information content (AvgIpc) is 3.45. The first-order valence-electron chi connectivity index (χ1n) is 9.74. The standard InChI is InChI=1S/C22H22N4O5/c1-22(21(29)23-11-15-7-4-3-5-8-15)13-25-14-24-17(20(28)30-2)18(25)19(27)26(22)12-16-9-6-10-31-16/h3-10,14H,11-13H2,1-2H3,(H,23,29)/t22-/m1/s1. The zero-order chi connectivity index (χ0) is 22.0. The number of aromatic nitrogens is 2. The van der Waals surface area contributed by atoms with Crippen molar-refractivity contribution < 1.29 is 23.5 Å². The van der Waals surface area contributed by atoms with Crippen LogP contribution in [-0.4, -0.2) is 44.9 Å². The number of hydrogen-bond donors (Lipinski definition) is 1. The molecule has 3 heterocycles. The molecule has 9 heteroatoms. The maximum absolute atomic E-state index is 13.5. The Hall–Kier alpha value is -3.88. The molecule has 1 aromatic carbocycles. The fourth-order valence-electron chi connectivity index (χ4n) is 3.71. The number of rotatable bonds is 6. The van der Waals surface area contributed by atoms with Gasteiger partial charge in [-0.1, -0.05) is 30.3 Å². The number of fused-ring (bicyclic) bond motifs is 1. The Kier molecular flexibility index (Phi) is 5.33. The van der Waals surface area contributed by atoms with Gasteiger partial charge in [0, 0.05) is 6.54 Å². The smallest absolute Gasteiger partial charge is 0.359 e. The zero-order valence-electron chi connectivity index (χ0n) is 17.2. The Balaban J connectivity index is 1.68. The number of carbonyl (C=O) groups is 3. The second-order valence-electron chi connectivity index (χ2n) is 7.47. The zero-order valence-corrected chi connectivity index (χ0v) is 17.2. The van der Waals surface area contributed by atoms with Crippen LogP contribution in [-0.2, 0) is 29.2 Å². The number of amides is 2. The molecule has 0 bridgehead atoms. The van der Waals surface area contributed by atoms with Gasteiger partial charge in [0.15, 0.2) is 5.69 Å². The summed E-state index contributed by atoms with van der Waals surface area (Å²) in [6.45, 7) is 2.20. The number of hydrogen-bond acceptors (Lipinski definition) is 6. The SMILES string of the molecule is COC(=O)c1ncn2c1C(=O)N(Cc1ccco1)[C@@](C)(C(=O)NCc1ccccc1)C2. The van der Waals surface area contributed by atoms with Crippen molar-refractivity contribution in [3.8, 4) is 0 Å². The molecule has 2 aromatic heterocycles. The molecule has 0 saturated heterocycles. The summed E-state index contributed by atoms with van der Waals surface area (Å²) >= 11 is 0. The highest BCUT2D eigenvalue weighted by Gasteiger charge is 2.49. The molecule has 0 aliphatic carbocycles. The van der Waals surface area contributed by atoms with E-state index < -0.39 is 17.4 Å². The maximum Gasteiger partial charge on any atom is 0.359 e. The van der Waals surface area contributed by atoms with Crippen molar-refractivity contribution in [1.29, 1.82) is 0 Å². The fraction of sp³-hybridized carbons (Fsp3) is 0.273. The molecule has 1 aliphatic rings. The molecular weight excluding hydrogens is 400 g/mol. The third-order valence-corrected chi connectivity index (χ3v) is 5.42. The summed E-state index contributed by atoms with van der Waals surface area (Å²) in [7, 11) is 1.23. The second kappa shape index (κ2) is 8.10. The van der Waals surface area contributed by atoms with Crippen molar-refractivity contribution >= 4 is 17.8 Å². The number of nitrogens with one attached hydrogen (secondary N) is 1. The van der Waals surface area contributed by atoms with Gasteiger partial charge in [-0.25, -0.2) is 9.78 Å². The molecule has 1 N–H and O–H groups in total. The van der Waals surface area contributed by atoms with Gasteiger partial charge in [0.25, 0.3) is 5.91 Å². The third kappa shape index (κ3) is 3.70. The van der Waals surface area contributed by atoms with E-state index in [0.29, 0.717) is 12.3 Å². The van der Waals surface area contributed by atoms with Gasteiger partial charge in [-0.15, -0.1) is 0 Å². The molecule has 1 atom stereocenters. The van der Waals surface area contributed by atoms with E-state index >= 15 is 0 Å². The number of nitrogens with zero attached hydrogens (tertiary/aromatic N) is 3. The van der Waals surface area contributed by atoms with Gasteiger partial charge in [0.2, 0.25) is 5.91 Å². The molecule has 1 aliphatic heterocycles. The van der Waals surface area contributed by atoms with Gasteiger partial charge < -0.3 is 23.9 Å². The minimum absolute atomic E-state index is 0.0624. The molecule has 3 aromatic rings. The van der Waals surface area contributed by atoms with Crippen LogP contribution in [0.15, 0.2) is 59.5 Å². The molecule has 0 spiro atoms. The largest absolute Gasteiger partial charge is 0.467 e. The van der Waals surface area contributed by atoms with Crippen molar-refractivity contribution in [3.63, 3.8) is 0 Å². The van der Waals surface area contributed by atoms with Crippen molar-refractivity contribution in [3.05, 3.63) is 77.8 Å². The van der Waals surface area contributed by atoms with E-state index in [9.17, 15) is 14.4 Å². The molecule has 4 rings (SSSR count). The van der Waals surface area contributed by atoms with E-state index in [0.717, 1.165) is 5.56 Å². The van der Waals surface area contributed by atoms with E-state index in [2.05, 4.69) is 10.3 Å². The number of ether oxygens (including phenoxy) is 1. The van der Waals surface area contributed by atoms with Crippen LogP contribution in [0.1, 0.15) is 39.2 Å². The summed E-state index contributed by atoms with van der Waals surface area (Å²) in [5.41, 5.74) is -0.286. The molecular formula is C22H22N4O5. The first kappa shape index (κ1) is 20.4. The number of furan rings is 1. The quantitative estimate of drug-likeness (QED) is 0.609. The highest BCUT2D eigenvalue weighted by Crippen LogP contribution is 2.31. The fourth-order valence-corrected chi connectivity index (χ4v) is 3.71. The van der Waals surface area contributed by atoms with Crippen LogP contribution in [0.4, 0.5) is 0 Å². The van der Waals surface area contributed by atoms with Gasteiger partial charge in [-0.3, -0.25) is 9.59 Å². The van der Waals surface area contributed by atoms with Crippen LogP contribution in [0.25, 0.3) is 0 Å². The molecule has 0 unspecified atom stereocenters. The van der Waals surface area contributed by atoms with Crippen LogP contribution in [0, 0.1) is 0 Å². The molecule has 31 heavy (non-hydrogen) atoms. The van der Waals surface area contributed by atoms with Crippen molar-refractivity contribution in [2.45, 2.75) is 32.1 Å². The first-order valence-corrected chi connectivity index (χ1v) is 9.74. The molecule has 160 valence electrons. The van der Waals surface area contributed by atoms with Crippen molar-refractivity contribution in [2.75, 3.05) is 7.11 Å². The van der Waals surface area contributed by atoms with E-state index in [1.54, 1.807) is 19.1 Å². The first-order chi connectivity index (χ1) is 14.9. The minimum atomic E-state index is -1.24. The van der Waals surface area contributed by atoms with Crippen LogP contribution in [0.3, 0.4) is 0 Å². The monoisotopic (exact) mass is 422 g/mol. The molecule has 0 fully saturated rings. The Morgan fingerprint density at radius 3 is 2.68 bits per heavy atom. The second-order valence-corrected chi connectivity index (χ2v) is 7.47. The molecule has 9 nitrogen and oxygen atoms in total. The number of imidazole rings is 1. The lowest BCUT2D eigenvalue weighted by atomic mass is 9.94. The Morgan fingerprint density at radius 2 is 2.00 bits per heavy atom. The van der Waals surface area contributed by atoms with Crippen molar-refractivity contribution in [2.24, 2.45) is 0 Å². The highest BCUT2D eigenvalue weighted by atomic mass is 16.5. The van der Waals surface area contributed by atoms with E-state index in [4.69, 9.17) is 9.15 Å². The summed E-state index contributed by atoms with van der Waals surface area (Å²) in [6, 6.07) is 12.9. The minimum Gasteiger partial charge on any atom is -0.467 e. The van der Waals surface area contributed by atoms with Crippen LogP contribution in [0.2, 0.25) is 0 Å². The number of methoxy groups -OCH3 is 1. The average molecular weight is 422 g/mol. The Morgan fingerprint density at radius 1 is 1.23 bits per heavy atom. The van der Waals surface area contributed by atoms with Crippen LogP contribution in [0.5, 0.6) is 0 Å². The Labute approximate surface area is 178 Å². The van der Waals surface area contributed by atoms with Gasteiger partial charge in [0.1, 0.15) is 17.0 Å². The van der Waals surface area contributed by atoms with Gasteiger partial charge >= 0.3 is 5.97 Å².